The highest BCUT2D eigenvalue weighted by Crippen LogP contribution is 2.35. The van der Waals surface area contributed by atoms with Crippen molar-refractivity contribution in [3.8, 4) is 5.75 Å². The summed E-state index contributed by atoms with van der Waals surface area (Å²) in [5.41, 5.74) is 4.22. The number of hydrogen-bond donors (Lipinski definition) is 3. The van der Waals surface area contributed by atoms with E-state index in [-0.39, 0.29) is 64.1 Å². The number of rotatable bonds is 5. The van der Waals surface area contributed by atoms with E-state index in [1.54, 1.807) is 61.2 Å². The molecule has 0 saturated carbocycles. The molecule has 8 amide bonds. The van der Waals surface area contributed by atoms with Crippen molar-refractivity contribution < 1.29 is 56.6 Å². The summed E-state index contributed by atoms with van der Waals surface area (Å²) in [4.78, 5) is 92.6. The van der Waals surface area contributed by atoms with Crippen LogP contribution in [0.5, 0.6) is 5.75 Å². The van der Waals surface area contributed by atoms with Gasteiger partial charge in [-0.05, 0) is 151 Å². The van der Waals surface area contributed by atoms with Gasteiger partial charge < -0.3 is 39.5 Å². The predicted octanol–water partition coefficient (Wildman–Crippen LogP) is 12.7. The minimum atomic E-state index is -0.663. The molecular weight excluding hydrogens is 1380 g/mol. The smallest absolute Gasteiger partial charge is 0.417 e. The summed E-state index contributed by atoms with van der Waals surface area (Å²) in [6, 6.07) is 16.2. The van der Waals surface area contributed by atoms with Crippen LogP contribution in [0, 0.1) is 33.0 Å². The van der Waals surface area contributed by atoms with E-state index in [9.17, 15) is 42.3 Å². The summed E-state index contributed by atoms with van der Waals surface area (Å²) in [7, 11) is 0. The zero-order chi connectivity index (χ0) is 69.4. The number of fused-ring (bicyclic) bond motifs is 3. The first-order valence-electron chi connectivity index (χ1n) is 31.4. The monoisotopic (exact) mass is 1470 g/mol. The Morgan fingerprint density at radius 3 is 1.41 bits per heavy atom. The van der Waals surface area contributed by atoms with Crippen molar-refractivity contribution in [3.63, 3.8) is 0 Å². The number of benzene rings is 3. The molecule has 512 valence electrons. The molecule has 6 aliphatic rings. The van der Waals surface area contributed by atoms with Crippen LogP contribution in [-0.4, -0.2) is 135 Å². The van der Waals surface area contributed by atoms with Gasteiger partial charge >= 0.3 is 24.3 Å². The molecule has 3 fully saturated rings. The van der Waals surface area contributed by atoms with E-state index in [0.717, 1.165) is 51.5 Å². The highest BCUT2D eigenvalue weighted by atomic mass is 127. The lowest BCUT2D eigenvalue weighted by molar-refractivity contribution is -0.119. The van der Waals surface area contributed by atoms with Crippen LogP contribution in [0.15, 0.2) is 85.3 Å². The number of hydrogen-bond acceptors (Lipinski definition) is 13. The number of nitrogens with one attached hydrogen (secondary N) is 3. The van der Waals surface area contributed by atoms with Gasteiger partial charge in [0, 0.05) is 50.3 Å². The number of halogens is 5. The molecule has 12 rings (SSSR count). The van der Waals surface area contributed by atoms with E-state index in [1.165, 1.54) is 36.4 Å². The number of carbonyl (C=O) groups excluding carboxylic acids is 7. The number of carbonyl (C=O) groups is 7. The Morgan fingerprint density at radius 2 is 1.00 bits per heavy atom. The Bertz CT molecular complexity index is 3760. The SMILES string of the molecule is CC1CC(=O)N(c2cnn3c2CN(C(=O)Nc2ccc(F)c(Cl)c2)[C@@H](C)C3)C1.CC1CC(=O)N(c2cnn3c2CN(C(=O)OC(C)(C)C)[C@@H](C)C3)C1.CC1CNC(=O)C1.C[C@H]1Cn2ncc(I)c2CN1C(=O)OC(C)(C)C.O=C(Nc1ccc(F)c(Cl)c1)Oc1ccccc1. The van der Waals surface area contributed by atoms with Crippen LogP contribution in [0.1, 0.15) is 119 Å². The second-order valence-corrected chi connectivity index (χ2v) is 28.6. The summed E-state index contributed by atoms with van der Waals surface area (Å²) in [5, 5.41) is 21.0. The molecule has 9 heterocycles. The molecule has 0 spiro atoms. The molecule has 24 nitrogen and oxygen atoms in total. The van der Waals surface area contributed by atoms with Gasteiger partial charge in [-0.2, -0.15) is 15.3 Å². The maximum atomic E-state index is 13.3. The van der Waals surface area contributed by atoms with Crippen molar-refractivity contribution in [2.75, 3.05) is 40.1 Å². The summed E-state index contributed by atoms with van der Waals surface area (Å²) >= 11 is 13.6. The Morgan fingerprint density at radius 1 is 0.568 bits per heavy atom. The fourth-order valence-electron chi connectivity index (χ4n) is 11.1. The van der Waals surface area contributed by atoms with Crippen LogP contribution in [-0.2, 0) is 63.1 Å². The van der Waals surface area contributed by atoms with E-state index in [0.29, 0.717) is 93.5 Å². The van der Waals surface area contributed by atoms with Crippen LogP contribution in [0.4, 0.5) is 50.7 Å². The quantitative estimate of drug-likeness (QED) is 0.136. The lowest BCUT2D eigenvalue weighted by atomic mass is 10.1. The lowest BCUT2D eigenvalue weighted by Gasteiger charge is -2.36. The van der Waals surface area contributed by atoms with Crippen LogP contribution in [0.3, 0.4) is 0 Å². The maximum absolute atomic E-state index is 13.3. The molecule has 3 aromatic heterocycles. The highest BCUT2D eigenvalue weighted by molar-refractivity contribution is 14.1. The molecular formula is C66H83Cl2F2IN14O10. The summed E-state index contributed by atoms with van der Waals surface area (Å²) in [6.45, 7) is 28.7. The van der Waals surface area contributed by atoms with E-state index >= 15 is 0 Å². The fourth-order valence-corrected chi connectivity index (χ4v) is 12.0. The van der Waals surface area contributed by atoms with E-state index in [1.807, 2.05) is 95.5 Å². The van der Waals surface area contributed by atoms with Crippen molar-refractivity contribution in [3.05, 3.63) is 128 Å². The zero-order valence-corrected chi connectivity index (χ0v) is 59.1. The average Bonchev–Trinajstić information content (AvgIpc) is 1.67. The first-order chi connectivity index (χ1) is 44.7. The molecule has 3 aromatic carbocycles. The maximum Gasteiger partial charge on any atom is 0.417 e. The highest BCUT2D eigenvalue weighted by Gasteiger charge is 2.39. The second-order valence-electron chi connectivity index (χ2n) is 26.6. The van der Waals surface area contributed by atoms with Crippen molar-refractivity contribution in [1.82, 2.24) is 49.4 Å². The number of urea groups is 1. The molecule has 29 heteroatoms. The average molecular weight is 1470 g/mol. The van der Waals surface area contributed by atoms with Crippen molar-refractivity contribution in [2.45, 2.75) is 171 Å². The third-order valence-electron chi connectivity index (χ3n) is 15.8. The third kappa shape index (κ3) is 19.6. The van der Waals surface area contributed by atoms with Gasteiger partial charge in [0.15, 0.2) is 0 Å². The number of aromatic nitrogens is 6. The molecule has 3 N–H and O–H groups in total. The van der Waals surface area contributed by atoms with E-state index < -0.39 is 28.9 Å². The molecule has 3 unspecified atom stereocenters. The first kappa shape index (κ1) is 72.8. The molecule has 6 aromatic rings. The van der Waals surface area contributed by atoms with Gasteiger partial charge in [-0.1, -0.05) is 62.2 Å². The Labute approximate surface area is 575 Å². The van der Waals surface area contributed by atoms with Gasteiger partial charge in [0.1, 0.15) is 28.6 Å². The van der Waals surface area contributed by atoms with Crippen LogP contribution in [0.2, 0.25) is 10.0 Å². The van der Waals surface area contributed by atoms with Gasteiger partial charge in [0.25, 0.3) is 0 Å². The van der Waals surface area contributed by atoms with E-state index in [4.69, 9.17) is 37.4 Å². The number of anilines is 4. The summed E-state index contributed by atoms with van der Waals surface area (Å²) < 4.78 is 49.0. The van der Waals surface area contributed by atoms with Crippen LogP contribution in [0.25, 0.3) is 0 Å². The standard InChI is InChI=1S/C19H21ClFN5O2.C17H26N4O3.C13H9ClFNO2.C12H18IN3O2.C5H9NO/c1-11-5-18(27)25(8-11)16-7-22-26-9-12(2)24(10-17(16)26)19(28)23-13-3-4-15(21)14(20)6-13;1-11-6-15(22)20(8-11)13-7-18-21-9-12(2)19(10-14(13)21)16(23)24-17(3,4)5;14-11-8-9(6-7-12(11)15)16-13(17)18-10-4-2-1-3-5-10;1-8-6-16-10(9(13)5-14-16)7-15(8)11(17)18-12(2,3)4;1-4-2-5(7)6-3-4/h3-4,6-7,11-12H,5,8-10H2,1-2H3,(H,23,28);7,11-12H,6,8-10H2,1-5H3;1-8H,(H,16,17);5,8H,6-7H2,1-4H3;4H,2-3H2,1H3,(H,6,7)/t2*11?,12-;;8-;/m00.0./s1. The summed E-state index contributed by atoms with van der Waals surface area (Å²) in [6.07, 6.45) is 5.86. The van der Waals surface area contributed by atoms with Crippen LogP contribution >= 0.6 is 45.8 Å². The molecule has 3 saturated heterocycles. The van der Waals surface area contributed by atoms with Gasteiger partial charge in [-0.15, -0.1) is 0 Å². The predicted molar refractivity (Wildman–Crippen MR) is 364 cm³/mol. The molecule has 95 heavy (non-hydrogen) atoms. The Balaban J connectivity index is 0.000000159. The van der Waals surface area contributed by atoms with Gasteiger partial charge in [0.05, 0.1) is 118 Å². The number of para-hydroxylation sites is 1. The van der Waals surface area contributed by atoms with Crippen molar-refractivity contribution in [1.29, 1.82) is 0 Å². The largest absolute Gasteiger partial charge is 0.444 e. The van der Waals surface area contributed by atoms with Crippen molar-refractivity contribution in [2.24, 2.45) is 17.8 Å². The lowest BCUT2D eigenvalue weighted by Crippen LogP contribution is -2.47. The van der Waals surface area contributed by atoms with E-state index in [2.05, 4.69) is 67.7 Å². The Hall–Kier alpha value is -8.05. The first-order valence-corrected chi connectivity index (χ1v) is 33.2. The molecule has 0 bridgehead atoms. The second kappa shape index (κ2) is 31.2. The minimum absolute atomic E-state index is 0.00620. The molecule has 0 aliphatic carbocycles. The molecule has 6 atom stereocenters. The van der Waals surface area contributed by atoms with Gasteiger partial charge in [-0.25, -0.2) is 28.0 Å². The van der Waals surface area contributed by atoms with Gasteiger partial charge in [-0.3, -0.25) is 43.5 Å². The van der Waals surface area contributed by atoms with Gasteiger partial charge in [0.2, 0.25) is 17.7 Å². The fraction of sp³-hybridized carbons (Fsp3) is 0.485. The summed E-state index contributed by atoms with van der Waals surface area (Å²) in [5.74, 6) is 0.955. The Kier molecular flexibility index (Phi) is 23.9. The molecule has 0 radical (unpaired) electrons. The van der Waals surface area contributed by atoms with Crippen molar-refractivity contribution >= 4 is 111 Å². The normalized spacial score (nSPS) is 20.4. The van der Waals surface area contributed by atoms with Crippen LogP contribution < -0.4 is 30.5 Å². The number of nitrogens with zero attached hydrogens (tertiary/aromatic N) is 11. The zero-order valence-electron chi connectivity index (χ0n) is 55.4. The molecule has 6 aliphatic heterocycles. The third-order valence-corrected chi connectivity index (χ3v) is 17.3. The number of amides is 8. The topological polar surface area (TPSA) is 253 Å². The minimum Gasteiger partial charge on any atom is -0.444 e. The number of ether oxygens (including phenoxy) is 3.